The second-order valence-electron chi connectivity index (χ2n) is 4.44. The highest BCUT2D eigenvalue weighted by Crippen LogP contribution is 2.17. The average Bonchev–Trinajstić information content (AvgIpc) is 2.91. The van der Waals surface area contributed by atoms with Crippen LogP contribution < -0.4 is 4.74 Å². The van der Waals surface area contributed by atoms with Crippen molar-refractivity contribution in [1.29, 1.82) is 0 Å². The van der Waals surface area contributed by atoms with Crippen LogP contribution in [0.3, 0.4) is 0 Å². The zero-order valence-electron chi connectivity index (χ0n) is 10.5. The first kappa shape index (κ1) is 12.7. The number of aliphatic hydroxyl groups excluding tert-OH is 1. The molecule has 0 radical (unpaired) electrons. The van der Waals surface area contributed by atoms with Crippen molar-refractivity contribution in [2.45, 2.75) is 12.8 Å². The van der Waals surface area contributed by atoms with E-state index in [4.69, 9.17) is 9.15 Å². The third-order valence-electron chi connectivity index (χ3n) is 3.05. The van der Waals surface area contributed by atoms with Crippen molar-refractivity contribution in [2.24, 2.45) is 5.92 Å². The van der Waals surface area contributed by atoms with E-state index in [0.717, 1.165) is 24.2 Å². The average molecular weight is 246 g/mol. The third kappa shape index (κ3) is 3.37. The highest BCUT2D eigenvalue weighted by molar-refractivity contribution is 5.27. The summed E-state index contributed by atoms with van der Waals surface area (Å²) in [4.78, 5) is 0. The fraction of sp³-hybridized carbons (Fsp3) is 0.333. The van der Waals surface area contributed by atoms with Crippen molar-refractivity contribution in [2.75, 3.05) is 13.7 Å². The minimum absolute atomic E-state index is 0.178. The Hall–Kier alpha value is -1.74. The van der Waals surface area contributed by atoms with Gasteiger partial charge >= 0.3 is 0 Å². The SMILES string of the molecule is COc1ccc(CC(CO)Cc2ccoc2)cc1. The van der Waals surface area contributed by atoms with Crippen molar-refractivity contribution in [3.8, 4) is 5.75 Å². The Balaban J connectivity index is 1.96. The summed E-state index contributed by atoms with van der Waals surface area (Å²) in [6.07, 6.45) is 5.08. The molecule has 18 heavy (non-hydrogen) atoms. The Kier molecular flexibility index (Phi) is 4.42. The lowest BCUT2D eigenvalue weighted by molar-refractivity contribution is 0.225. The molecule has 0 spiro atoms. The van der Waals surface area contributed by atoms with Crippen LogP contribution in [0.2, 0.25) is 0 Å². The van der Waals surface area contributed by atoms with Gasteiger partial charge in [0.15, 0.2) is 0 Å². The Morgan fingerprint density at radius 2 is 1.83 bits per heavy atom. The van der Waals surface area contributed by atoms with Gasteiger partial charge in [-0.1, -0.05) is 12.1 Å². The number of benzene rings is 1. The summed E-state index contributed by atoms with van der Waals surface area (Å²) in [7, 11) is 1.66. The Morgan fingerprint density at radius 1 is 1.11 bits per heavy atom. The Bertz CT molecular complexity index is 445. The van der Waals surface area contributed by atoms with E-state index in [0.29, 0.717) is 0 Å². The molecule has 96 valence electrons. The minimum atomic E-state index is 0.178. The molecule has 1 unspecified atom stereocenters. The van der Waals surface area contributed by atoms with Gasteiger partial charge in [0.25, 0.3) is 0 Å². The maximum absolute atomic E-state index is 9.43. The molecule has 0 aliphatic heterocycles. The number of rotatable bonds is 6. The number of aliphatic hydroxyl groups is 1. The fourth-order valence-electron chi connectivity index (χ4n) is 2.04. The van der Waals surface area contributed by atoms with Gasteiger partial charge in [-0.3, -0.25) is 0 Å². The summed E-state index contributed by atoms with van der Waals surface area (Å²) in [6.45, 7) is 0.178. The van der Waals surface area contributed by atoms with Gasteiger partial charge in [0.05, 0.1) is 19.6 Å². The molecule has 0 saturated heterocycles. The maximum Gasteiger partial charge on any atom is 0.118 e. The number of hydrogen-bond donors (Lipinski definition) is 1. The molecule has 0 aliphatic carbocycles. The molecule has 2 rings (SSSR count). The molecule has 2 aromatic rings. The van der Waals surface area contributed by atoms with Crippen LogP contribution in [0.1, 0.15) is 11.1 Å². The largest absolute Gasteiger partial charge is 0.497 e. The lowest BCUT2D eigenvalue weighted by Gasteiger charge is -2.13. The first-order chi connectivity index (χ1) is 8.81. The molecule has 3 heteroatoms. The summed E-state index contributed by atoms with van der Waals surface area (Å²) in [5.41, 5.74) is 2.33. The van der Waals surface area contributed by atoms with Crippen molar-refractivity contribution in [1.82, 2.24) is 0 Å². The molecule has 1 N–H and O–H groups in total. The van der Waals surface area contributed by atoms with Crippen LogP contribution in [0.25, 0.3) is 0 Å². The molecule has 3 nitrogen and oxygen atoms in total. The van der Waals surface area contributed by atoms with E-state index in [1.165, 1.54) is 5.56 Å². The van der Waals surface area contributed by atoms with Crippen molar-refractivity contribution >= 4 is 0 Å². The number of furan rings is 1. The highest BCUT2D eigenvalue weighted by Gasteiger charge is 2.10. The molecule has 1 heterocycles. The topological polar surface area (TPSA) is 42.6 Å². The van der Waals surface area contributed by atoms with E-state index in [1.807, 2.05) is 30.3 Å². The second-order valence-corrected chi connectivity index (χ2v) is 4.44. The molecule has 1 aromatic heterocycles. The van der Waals surface area contributed by atoms with Gasteiger partial charge in [-0.2, -0.15) is 0 Å². The third-order valence-corrected chi connectivity index (χ3v) is 3.05. The first-order valence-electron chi connectivity index (χ1n) is 6.06. The van der Waals surface area contributed by atoms with Crippen LogP contribution in [-0.4, -0.2) is 18.8 Å². The summed E-state index contributed by atoms with van der Waals surface area (Å²) in [5.74, 6) is 1.07. The Morgan fingerprint density at radius 3 is 2.39 bits per heavy atom. The normalized spacial score (nSPS) is 12.3. The molecule has 0 amide bonds. The van der Waals surface area contributed by atoms with E-state index < -0.39 is 0 Å². The van der Waals surface area contributed by atoms with Crippen LogP contribution in [-0.2, 0) is 12.8 Å². The van der Waals surface area contributed by atoms with Gasteiger partial charge in [0.2, 0.25) is 0 Å². The predicted octanol–water partition coefficient (Wildman–Crippen LogP) is 2.68. The molecule has 0 aliphatic rings. The lowest BCUT2D eigenvalue weighted by atomic mass is 9.94. The molecule has 0 fully saturated rings. The Labute approximate surface area is 107 Å². The smallest absolute Gasteiger partial charge is 0.118 e. The van der Waals surface area contributed by atoms with Crippen LogP contribution in [0.4, 0.5) is 0 Å². The quantitative estimate of drug-likeness (QED) is 0.852. The maximum atomic E-state index is 9.43. The zero-order chi connectivity index (χ0) is 12.8. The van der Waals surface area contributed by atoms with Crippen LogP contribution in [0, 0.1) is 5.92 Å². The molecule has 1 aromatic carbocycles. The molecule has 1 atom stereocenters. The van der Waals surface area contributed by atoms with Gasteiger partial charge in [0.1, 0.15) is 5.75 Å². The summed E-state index contributed by atoms with van der Waals surface area (Å²) in [5, 5.41) is 9.43. The summed E-state index contributed by atoms with van der Waals surface area (Å²) >= 11 is 0. The molecular formula is C15H18O3. The predicted molar refractivity (Wildman–Crippen MR) is 69.7 cm³/mol. The van der Waals surface area contributed by atoms with Crippen LogP contribution in [0.5, 0.6) is 5.75 Å². The van der Waals surface area contributed by atoms with Crippen molar-refractivity contribution < 1.29 is 14.3 Å². The van der Waals surface area contributed by atoms with Gasteiger partial charge < -0.3 is 14.3 Å². The minimum Gasteiger partial charge on any atom is -0.497 e. The van der Waals surface area contributed by atoms with E-state index in [9.17, 15) is 5.11 Å². The van der Waals surface area contributed by atoms with Gasteiger partial charge in [-0.25, -0.2) is 0 Å². The second kappa shape index (κ2) is 6.26. The van der Waals surface area contributed by atoms with E-state index in [1.54, 1.807) is 19.6 Å². The van der Waals surface area contributed by atoms with Crippen LogP contribution >= 0.6 is 0 Å². The van der Waals surface area contributed by atoms with Crippen LogP contribution in [0.15, 0.2) is 47.3 Å². The first-order valence-corrected chi connectivity index (χ1v) is 6.06. The van der Waals surface area contributed by atoms with E-state index >= 15 is 0 Å². The molecular weight excluding hydrogens is 228 g/mol. The van der Waals surface area contributed by atoms with Crippen molar-refractivity contribution in [3.05, 3.63) is 54.0 Å². The van der Waals surface area contributed by atoms with E-state index in [2.05, 4.69) is 0 Å². The number of methoxy groups -OCH3 is 1. The monoisotopic (exact) mass is 246 g/mol. The van der Waals surface area contributed by atoms with E-state index in [-0.39, 0.29) is 12.5 Å². The summed E-state index contributed by atoms with van der Waals surface area (Å²) < 4.78 is 10.2. The number of ether oxygens (including phenoxy) is 1. The van der Waals surface area contributed by atoms with Gasteiger partial charge in [0, 0.05) is 6.61 Å². The zero-order valence-corrected chi connectivity index (χ0v) is 10.5. The fourth-order valence-corrected chi connectivity index (χ4v) is 2.04. The van der Waals surface area contributed by atoms with Gasteiger partial charge in [-0.05, 0) is 48.1 Å². The highest BCUT2D eigenvalue weighted by atomic mass is 16.5. The molecule has 0 saturated carbocycles. The van der Waals surface area contributed by atoms with Gasteiger partial charge in [-0.15, -0.1) is 0 Å². The number of hydrogen-bond acceptors (Lipinski definition) is 3. The lowest BCUT2D eigenvalue weighted by Crippen LogP contribution is -2.12. The standard InChI is InChI=1S/C15H18O3/c1-17-15-4-2-12(3-5-15)8-14(10-16)9-13-6-7-18-11-13/h2-7,11,14,16H,8-10H2,1H3. The van der Waals surface area contributed by atoms with Crippen molar-refractivity contribution in [3.63, 3.8) is 0 Å². The summed E-state index contributed by atoms with van der Waals surface area (Å²) in [6, 6.07) is 9.91. The molecule has 0 bridgehead atoms.